The Morgan fingerprint density at radius 1 is 0.586 bits per heavy atom. The van der Waals surface area contributed by atoms with Crippen LogP contribution in [0.1, 0.15) is 52.7 Å². The van der Waals surface area contributed by atoms with E-state index in [0.717, 1.165) is 55.6 Å². The number of fused-ring (bicyclic) bond motifs is 3. The summed E-state index contributed by atoms with van der Waals surface area (Å²) in [4.78, 5) is 20.3. The van der Waals surface area contributed by atoms with Crippen molar-refractivity contribution in [2.75, 3.05) is 7.05 Å². The van der Waals surface area contributed by atoms with Crippen LogP contribution in [0.25, 0.3) is 61.8 Å². The monoisotopic (exact) mass is 759 g/mol. The molecule has 0 amide bonds. The molecule has 58 heavy (non-hydrogen) atoms. The SMILES string of the molecule is C[N+]1=C=[N+](c2cc(Oc3cc4c(cc3-c3nc(-c5ccccc5)nc(-c5ccccc5)n3)c3cc(C(C)(C)C)ccc3n4-c3ccccn3)cc(C(C)(C)C)c2)C=C1. The molecule has 3 aromatic heterocycles. The van der Waals surface area contributed by atoms with Crippen LogP contribution in [0.15, 0.2) is 146 Å². The summed E-state index contributed by atoms with van der Waals surface area (Å²) in [5, 5.41) is 2.14. The molecule has 4 heterocycles. The molecule has 8 aromatic rings. The van der Waals surface area contributed by atoms with E-state index in [4.69, 9.17) is 24.7 Å². The van der Waals surface area contributed by atoms with Gasteiger partial charge in [-0.15, -0.1) is 0 Å². The largest absolute Gasteiger partial charge is 0.495 e. The minimum atomic E-state index is -0.157. The summed E-state index contributed by atoms with van der Waals surface area (Å²) in [6, 6.07) is 46.9. The van der Waals surface area contributed by atoms with Crippen molar-refractivity contribution >= 4 is 33.5 Å². The first kappa shape index (κ1) is 36.6. The first-order chi connectivity index (χ1) is 27.9. The molecule has 0 aliphatic carbocycles. The molecule has 1 aliphatic heterocycles. The minimum absolute atomic E-state index is 0.0627. The van der Waals surface area contributed by atoms with Crippen LogP contribution in [-0.4, -0.2) is 46.7 Å². The van der Waals surface area contributed by atoms with E-state index in [1.807, 2.05) is 114 Å². The van der Waals surface area contributed by atoms with Crippen LogP contribution in [0.3, 0.4) is 0 Å². The molecule has 284 valence electrons. The maximum absolute atomic E-state index is 7.16. The molecule has 0 radical (unpaired) electrons. The second-order valence-electron chi connectivity index (χ2n) is 16.9. The lowest BCUT2D eigenvalue weighted by Gasteiger charge is -2.20. The molecule has 0 fully saturated rings. The van der Waals surface area contributed by atoms with Gasteiger partial charge in [0, 0.05) is 40.2 Å². The van der Waals surface area contributed by atoms with E-state index in [0.29, 0.717) is 29.0 Å². The van der Waals surface area contributed by atoms with Crippen LogP contribution in [0, 0.1) is 0 Å². The number of hydrogen-bond donors (Lipinski definition) is 0. The third kappa shape index (κ3) is 6.99. The third-order valence-corrected chi connectivity index (χ3v) is 10.5. The van der Waals surface area contributed by atoms with Gasteiger partial charge in [0.2, 0.25) is 11.9 Å². The zero-order valence-electron chi connectivity index (χ0n) is 33.9. The van der Waals surface area contributed by atoms with E-state index in [9.17, 15) is 0 Å². The lowest BCUT2D eigenvalue weighted by molar-refractivity contribution is -0.429. The van der Waals surface area contributed by atoms with Gasteiger partial charge in [0.05, 0.1) is 22.7 Å². The molecule has 0 saturated heterocycles. The Kier molecular flexibility index (Phi) is 8.95. The molecule has 0 unspecified atom stereocenters. The van der Waals surface area contributed by atoms with Crippen molar-refractivity contribution in [3.8, 4) is 51.5 Å². The average Bonchev–Trinajstić information content (AvgIpc) is 3.81. The van der Waals surface area contributed by atoms with Gasteiger partial charge in [-0.05, 0) is 58.4 Å². The van der Waals surface area contributed by atoms with Gasteiger partial charge in [0.15, 0.2) is 24.5 Å². The Morgan fingerprint density at radius 2 is 1.22 bits per heavy atom. The summed E-state index contributed by atoms with van der Waals surface area (Å²) in [6.45, 7) is 13.4. The summed E-state index contributed by atoms with van der Waals surface area (Å²) in [7, 11) is 1.97. The van der Waals surface area contributed by atoms with Crippen molar-refractivity contribution in [1.82, 2.24) is 24.5 Å². The lowest BCUT2D eigenvalue weighted by Crippen LogP contribution is -2.11. The fourth-order valence-corrected chi connectivity index (χ4v) is 7.32. The summed E-state index contributed by atoms with van der Waals surface area (Å²) >= 11 is 0. The highest BCUT2D eigenvalue weighted by atomic mass is 16.5. The highest BCUT2D eigenvalue weighted by Gasteiger charge is 2.26. The van der Waals surface area contributed by atoms with Crippen molar-refractivity contribution in [3.63, 3.8) is 0 Å². The van der Waals surface area contributed by atoms with Crippen molar-refractivity contribution in [3.05, 3.63) is 157 Å². The Bertz CT molecular complexity index is 2910. The highest BCUT2D eigenvalue weighted by molar-refractivity contribution is 6.11. The molecule has 1 aliphatic rings. The van der Waals surface area contributed by atoms with Crippen LogP contribution in [0.5, 0.6) is 11.5 Å². The van der Waals surface area contributed by atoms with Crippen molar-refractivity contribution < 1.29 is 13.9 Å². The van der Waals surface area contributed by atoms with E-state index in [-0.39, 0.29) is 10.8 Å². The van der Waals surface area contributed by atoms with Crippen LogP contribution >= 0.6 is 0 Å². The number of hydrogen-bond acceptors (Lipinski definition) is 5. The van der Waals surface area contributed by atoms with Crippen LogP contribution in [0.4, 0.5) is 5.69 Å². The number of benzene rings is 5. The molecule has 0 N–H and O–H groups in total. The molecular weight excluding hydrogens is 715 g/mol. The fraction of sp³-hybridized carbons (Fsp3) is 0.180. The Balaban J connectivity index is 1.36. The molecule has 0 bridgehead atoms. The molecule has 5 aromatic carbocycles. The standard InChI is InChI=1S/C50H45N7O/c1-49(2,3)35-21-22-42-39(28-35)40-30-41(48-53-46(33-16-10-8-11-17-33)52-47(54-48)34-18-12-9-13-19-34)44(31-43(40)57(42)45-20-14-15-23-51-45)58-38-27-36(50(4,5)6)26-37(29-38)56-25-24-55(7)32-56/h8-31H,1-7H3/q+2. The minimum Gasteiger partial charge on any atom is -0.456 e. The quantitative estimate of drug-likeness (QED) is 0.151. The Labute approximate surface area is 338 Å². The average molecular weight is 760 g/mol. The normalized spacial score (nSPS) is 12.9. The molecule has 8 heteroatoms. The topological polar surface area (TPSA) is 71.7 Å². The summed E-state index contributed by atoms with van der Waals surface area (Å²) < 4.78 is 13.3. The van der Waals surface area contributed by atoms with Crippen molar-refractivity contribution in [2.24, 2.45) is 0 Å². The van der Waals surface area contributed by atoms with Gasteiger partial charge in [-0.1, -0.05) is 123 Å². The molecular formula is C50H45N7O+2. The number of pyridine rings is 1. The van der Waals surface area contributed by atoms with Crippen molar-refractivity contribution in [1.29, 1.82) is 0 Å². The van der Waals surface area contributed by atoms with E-state index < -0.39 is 0 Å². The predicted octanol–water partition coefficient (Wildman–Crippen LogP) is 11.7. The second kappa shape index (κ2) is 14.2. The third-order valence-electron chi connectivity index (χ3n) is 10.5. The van der Waals surface area contributed by atoms with Crippen molar-refractivity contribution in [2.45, 2.75) is 52.4 Å². The lowest BCUT2D eigenvalue weighted by atomic mass is 9.86. The molecule has 9 rings (SSSR count). The first-order valence-corrected chi connectivity index (χ1v) is 19.6. The van der Waals surface area contributed by atoms with E-state index >= 15 is 0 Å². The molecule has 0 spiro atoms. The number of rotatable bonds is 7. The van der Waals surface area contributed by atoms with E-state index in [1.165, 1.54) is 5.56 Å². The zero-order chi connectivity index (χ0) is 40.2. The van der Waals surface area contributed by atoms with Gasteiger partial charge in [-0.25, -0.2) is 19.9 Å². The Hall–Kier alpha value is -7.02. The number of aromatic nitrogens is 5. The van der Waals surface area contributed by atoms with Gasteiger partial charge in [0.25, 0.3) is 6.20 Å². The Morgan fingerprint density at radius 3 is 1.83 bits per heavy atom. The van der Waals surface area contributed by atoms with Crippen LogP contribution < -0.4 is 4.74 Å². The van der Waals surface area contributed by atoms with Gasteiger partial charge in [-0.2, -0.15) is 0 Å². The molecule has 0 saturated carbocycles. The number of ether oxygens (including phenoxy) is 1. The van der Waals surface area contributed by atoms with E-state index in [1.54, 1.807) is 0 Å². The number of nitrogens with zero attached hydrogens (tertiary/aromatic N) is 7. The summed E-state index contributed by atoms with van der Waals surface area (Å²) in [5.74, 6) is 3.77. The van der Waals surface area contributed by atoms with Crippen LogP contribution in [0.2, 0.25) is 0 Å². The first-order valence-electron chi connectivity index (χ1n) is 19.6. The summed E-state index contributed by atoms with van der Waals surface area (Å²) in [6.07, 6.45) is 5.82. The second-order valence-corrected chi connectivity index (χ2v) is 16.9. The predicted molar refractivity (Wildman–Crippen MR) is 232 cm³/mol. The zero-order valence-corrected chi connectivity index (χ0v) is 33.9. The van der Waals surface area contributed by atoms with E-state index in [2.05, 4.69) is 101 Å². The maximum atomic E-state index is 7.16. The summed E-state index contributed by atoms with van der Waals surface area (Å²) in [5.41, 5.74) is 7.62. The fourth-order valence-electron chi connectivity index (χ4n) is 7.32. The molecule has 0 atom stereocenters. The van der Waals surface area contributed by atoms with Gasteiger partial charge < -0.3 is 4.74 Å². The van der Waals surface area contributed by atoms with Gasteiger partial charge in [0.1, 0.15) is 17.3 Å². The maximum Gasteiger partial charge on any atom is 0.495 e. The molecule has 8 nitrogen and oxygen atoms in total. The van der Waals surface area contributed by atoms with Crippen LogP contribution in [-0.2, 0) is 10.8 Å². The van der Waals surface area contributed by atoms with Gasteiger partial charge >= 0.3 is 6.01 Å². The van der Waals surface area contributed by atoms with Gasteiger partial charge in [-0.3, -0.25) is 4.57 Å². The highest BCUT2D eigenvalue weighted by Crippen LogP contribution is 2.43. The smallest absolute Gasteiger partial charge is 0.456 e.